The summed E-state index contributed by atoms with van der Waals surface area (Å²) in [4.78, 5) is 10.3. The van der Waals surface area contributed by atoms with Gasteiger partial charge in [0.1, 0.15) is 5.75 Å². The second-order valence-electron chi connectivity index (χ2n) is 7.49. The van der Waals surface area contributed by atoms with Crippen molar-refractivity contribution in [3.05, 3.63) is 29.8 Å². The Labute approximate surface area is 188 Å². The third kappa shape index (κ3) is 17.3. The summed E-state index contributed by atoms with van der Waals surface area (Å²) in [5, 5.41) is 19.5. The van der Waals surface area contributed by atoms with Crippen molar-refractivity contribution in [2.24, 2.45) is 0 Å². The molecule has 0 fully saturated rings. The molecule has 0 aliphatic heterocycles. The van der Waals surface area contributed by atoms with Gasteiger partial charge in [-0.15, -0.1) is 0 Å². The van der Waals surface area contributed by atoms with Gasteiger partial charge in [0.2, 0.25) is 0 Å². The molecule has 0 aromatic heterocycles. The average molecular weight is 385 g/mol. The van der Waals surface area contributed by atoms with Crippen molar-refractivity contribution in [2.75, 3.05) is 0 Å². The molecule has 3 nitrogen and oxygen atoms in total. The second-order valence-corrected chi connectivity index (χ2v) is 7.49. The van der Waals surface area contributed by atoms with Gasteiger partial charge in [0.15, 0.2) is 0 Å². The summed E-state index contributed by atoms with van der Waals surface area (Å²) in [7, 11) is 0. The number of aryl methyl sites for hydroxylation is 1. The quantitative estimate of drug-likeness (QED) is 0.332. The van der Waals surface area contributed by atoms with E-state index in [2.05, 4.69) is 0 Å². The molecule has 0 radical (unpaired) electrons. The fraction of sp³-hybridized carbons (Fsp3) is 0.696. The Morgan fingerprint density at radius 2 is 1.04 bits per heavy atom. The van der Waals surface area contributed by atoms with E-state index in [0.717, 1.165) is 25.7 Å². The molecule has 0 amide bonds. The molecule has 0 heterocycles. The van der Waals surface area contributed by atoms with Gasteiger partial charge < -0.3 is 15.0 Å². The molecule has 1 N–H and O–H groups in total. The number of aromatic hydroxyl groups is 1. The van der Waals surface area contributed by atoms with Gasteiger partial charge in [-0.3, -0.25) is 0 Å². The molecule has 0 spiro atoms. The number of aliphatic carboxylic acids is 1. The van der Waals surface area contributed by atoms with Crippen molar-refractivity contribution >= 4 is 5.97 Å². The van der Waals surface area contributed by atoms with Crippen molar-refractivity contribution in [1.82, 2.24) is 0 Å². The standard InChI is InChI=1S/C23H38O3.Na/c24-22-19-17-21(18-20-22)15-13-11-9-7-5-3-1-2-4-6-8-10-12-14-16-23(25)26;/h17-20,24H,1-16H2,(H,25,26);/q;+1/p-1. The smallest absolute Gasteiger partial charge is 0.550 e. The minimum absolute atomic E-state index is 0. The SMILES string of the molecule is O=C([O-])CCCCCCCCCCCCCCCCc1ccc(O)cc1.[Na+]. The van der Waals surface area contributed by atoms with Crippen LogP contribution in [0.4, 0.5) is 0 Å². The van der Waals surface area contributed by atoms with Gasteiger partial charge in [0, 0.05) is 5.97 Å². The van der Waals surface area contributed by atoms with E-state index in [1.165, 1.54) is 76.2 Å². The van der Waals surface area contributed by atoms with E-state index in [-0.39, 0.29) is 36.0 Å². The number of carboxylic acids is 1. The van der Waals surface area contributed by atoms with Gasteiger partial charge >= 0.3 is 29.6 Å². The zero-order valence-electron chi connectivity index (χ0n) is 17.4. The van der Waals surface area contributed by atoms with Crippen LogP contribution in [-0.2, 0) is 11.2 Å². The molecular formula is C23H37NaO3. The third-order valence-electron chi connectivity index (χ3n) is 5.03. The van der Waals surface area contributed by atoms with Crippen LogP contribution in [0.1, 0.15) is 102 Å². The molecule has 0 unspecified atom stereocenters. The molecule has 1 aromatic rings. The average Bonchev–Trinajstić information content (AvgIpc) is 2.62. The van der Waals surface area contributed by atoms with Gasteiger partial charge in [0.05, 0.1) is 0 Å². The largest absolute Gasteiger partial charge is 1.00 e. The molecule has 1 rings (SSSR count). The Morgan fingerprint density at radius 1 is 0.667 bits per heavy atom. The summed E-state index contributed by atoms with van der Waals surface area (Å²) in [6, 6.07) is 7.57. The van der Waals surface area contributed by atoms with Crippen molar-refractivity contribution in [3.8, 4) is 5.75 Å². The number of hydrogen-bond acceptors (Lipinski definition) is 3. The Bertz CT molecular complexity index is 459. The first kappa shape index (κ1) is 26.5. The number of carbonyl (C=O) groups is 1. The van der Waals surface area contributed by atoms with Crippen LogP contribution >= 0.6 is 0 Å². The predicted molar refractivity (Wildman–Crippen MR) is 106 cm³/mol. The van der Waals surface area contributed by atoms with Crippen molar-refractivity contribution in [2.45, 2.75) is 103 Å². The monoisotopic (exact) mass is 384 g/mol. The normalized spacial score (nSPS) is 10.5. The minimum atomic E-state index is -0.914. The fourth-order valence-corrected chi connectivity index (χ4v) is 3.38. The summed E-state index contributed by atoms with van der Waals surface area (Å²) in [5.41, 5.74) is 1.32. The van der Waals surface area contributed by atoms with Gasteiger partial charge in [0.25, 0.3) is 0 Å². The minimum Gasteiger partial charge on any atom is -0.550 e. The topological polar surface area (TPSA) is 60.4 Å². The van der Waals surface area contributed by atoms with Crippen LogP contribution in [0, 0.1) is 0 Å². The molecule has 148 valence electrons. The van der Waals surface area contributed by atoms with E-state index in [4.69, 9.17) is 0 Å². The van der Waals surface area contributed by atoms with Crippen LogP contribution in [-0.4, -0.2) is 11.1 Å². The van der Waals surface area contributed by atoms with E-state index in [1.54, 1.807) is 12.1 Å². The molecule has 0 bridgehead atoms. The van der Waals surface area contributed by atoms with Crippen LogP contribution < -0.4 is 34.7 Å². The Kier molecular flexibility index (Phi) is 18.5. The Hall–Kier alpha value is -0.510. The fourth-order valence-electron chi connectivity index (χ4n) is 3.38. The van der Waals surface area contributed by atoms with Crippen molar-refractivity contribution in [3.63, 3.8) is 0 Å². The van der Waals surface area contributed by atoms with Gasteiger partial charge in [-0.05, 0) is 43.4 Å². The molecule has 0 aliphatic rings. The molecule has 0 aliphatic carbocycles. The summed E-state index contributed by atoms with van der Waals surface area (Å²) in [6.07, 6.45) is 18.8. The van der Waals surface area contributed by atoms with Crippen LogP contribution in [0.3, 0.4) is 0 Å². The summed E-state index contributed by atoms with van der Waals surface area (Å²) < 4.78 is 0. The Balaban J connectivity index is 0.00000676. The van der Waals surface area contributed by atoms with Crippen LogP contribution in [0.5, 0.6) is 5.75 Å². The summed E-state index contributed by atoms with van der Waals surface area (Å²) in [6.45, 7) is 0. The van der Waals surface area contributed by atoms with Crippen LogP contribution in [0.25, 0.3) is 0 Å². The molecule has 4 heteroatoms. The van der Waals surface area contributed by atoms with Gasteiger partial charge in [-0.2, -0.15) is 0 Å². The van der Waals surface area contributed by atoms with Gasteiger partial charge in [-0.1, -0.05) is 89.2 Å². The van der Waals surface area contributed by atoms with E-state index in [0.29, 0.717) is 5.75 Å². The third-order valence-corrected chi connectivity index (χ3v) is 5.03. The maximum absolute atomic E-state index is 10.3. The number of carbonyl (C=O) groups excluding carboxylic acids is 1. The first-order valence-corrected chi connectivity index (χ1v) is 10.7. The first-order chi connectivity index (χ1) is 12.7. The Morgan fingerprint density at radius 3 is 1.44 bits per heavy atom. The number of unbranched alkanes of at least 4 members (excludes halogenated alkanes) is 13. The first-order valence-electron chi connectivity index (χ1n) is 10.7. The number of benzene rings is 1. The molecule has 1 aromatic carbocycles. The van der Waals surface area contributed by atoms with Crippen LogP contribution in [0.2, 0.25) is 0 Å². The predicted octanol–water partition coefficient (Wildman–Crippen LogP) is 2.54. The zero-order chi connectivity index (χ0) is 18.9. The number of rotatable bonds is 17. The number of phenolic OH excluding ortho intramolecular Hbond substituents is 1. The van der Waals surface area contributed by atoms with E-state index >= 15 is 0 Å². The van der Waals surface area contributed by atoms with Crippen molar-refractivity contribution in [1.29, 1.82) is 0 Å². The second kappa shape index (κ2) is 18.8. The van der Waals surface area contributed by atoms with E-state index < -0.39 is 5.97 Å². The maximum atomic E-state index is 10.3. The summed E-state index contributed by atoms with van der Waals surface area (Å²) in [5.74, 6) is -0.565. The molecule has 0 saturated carbocycles. The molecular weight excluding hydrogens is 347 g/mol. The van der Waals surface area contributed by atoms with E-state index in [9.17, 15) is 15.0 Å². The number of carboxylic acid groups (broad SMARTS) is 1. The summed E-state index contributed by atoms with van der Waals surface area (Å²) >= 11 is 0. The molecule has 0 saturated heterocycles. The number of phenols is 1. The zero-order valence-corrected chi connectivity index (χ0v) is 19.4. The van der Waals surface area contributed by atoms with Gasteiger partial charge in [-0.25, -0.2) is 0 Å². The number of hydrogen-bond donors (Lipinski definition) is 1. The van der Waals surface area contributed by atoms with E-state index in [1.807, 2.05) is 12.1 Å². The van der Waals surface area contributed by atoms with Crippen LogP contribution in [0.15, 0.2) is 24.3 Å². The molecule has 0 atom stereocenters. The molecule has 27 heavy (non-hydrogen) atoms. The van der Waals surface area contributed by atoms with Crippen molar-refractivity contribution < 1.29 is 44.6 Å². The maximum Gasteiger partial charge on any atom is 1.00 e.